The second-order valence-corrected chi connectivity index (χ2v) is 9.09. The van der Waals surface area contributed by atoms with Crippen molar-refractivity contribution in [1.82, 2.24) is 8.97 Å². The van der Waals surface area contributed by atoms with Crippen LogP contribution in [0.2, 0.25) is 0 Å². The van der Waals surface area contributed by atoms with E-state index in [2.05, 4.69) is 119 Å². The van der Waals surface area contributed by atoms with Gasteiger partial charge in [0.2, 0.25) is 0 Å². The largest absolute Gasteiger partial charge is 0.344 e. The lowest BCUT2D eigenvalue weighted by atomic mass is 10.0. The molecular weight excluding hydrogens is 400 g/mol. The summed E-state index contributed by atoms with van der Waals surface area (Å²) < 4.78 is 4.76. The van der Waals surface area contributed by atoms with E-state index in [0.717, 1.165) is 0 Å². The van der Waals surface area contributed by atoms with Gasteiger partial charge >= 0.3 is 0 Å². The maximum absolute atomic E-state index is 2.45. The summed E-state index contributed by atoms with van der Waals surface area (Å²) >= 11 is 0. The number of hydrogen-bond acceptors (Lipinski definition) is 0. The van der Waals surface area contributed by atoms with E-state index >= 15 is 0 Å². The Hall–Kier alpha value is -4.30. The molecule has 0 amide bonds. The highest BCUT2D eigenvalue weighted by Gasteiger charge is 2.17. The van der Waals surface area contributed by atoms with Crippen LogP contribution in [-0.2, 0) is 7.05 Å². The molecule has 0 aliphatic rings. The zero-order valence-corrected chi connectivity index (χ0v) is 18.2. The number of benzene rings is 5. The Labute approximate surface area is 190 Å². The van der Waals surface area contributed by atoms with Gasteiger partial charge in [-0.05, 0) is 35.4 Å². The third-order valence-corrected chi connectivity index (χ3v) is 7.47. The van der Waals surface area contributed by atoms with Crippen LogP contribution < -0.4 is 0 Å². The molecule has 0 spiro atoms. The molecule has 0 aliphatic carbocycles. The van der Waals surface area contributed by atoms with Crippen molar-refractivity contribution < 1.29 is 0 Å². The van der Waals surface area contributed by atoms with Crippen molar-refractivity contribution in [2.45, 2.75) is 0 Å². The molecule has 2 nitrogen and oxygen atoms in total. The number of para-hydroxylation sites is 3. The van der Waals surface area contributed by atoms with Crippen LogP contribution >= 0.6 is 0 Å². The monoisotopic (exact) mass is 420 g/mol. The van der Waals surface area contributed by atoms with Gasteiger partial charge < -0.3 is 8.97 Å². The first-order valence-corrected chi connectivity index (χ1v) is 11.4. The first-order chi connectivity index (χ1) is 16.3. The van der Waals surface area contributed by atoms with Gasteiger partial charge in [0.25, 0.3) is 0 Å². The van der Waals surface area contributed by atoms with Crippen LogP contribution in [0.1, 0.15) is 0 Å². The van der Waals surface area contributed by atoms with Gasteiger partial charge in [0.15, 0.2) is 0 Å². The Morgan fingerprint density at radius 3 is 1.67 bits per heavy atom. The van der Waals surface area contributed by atoms with Crippen LogP contribution in [0.3, 0.4) is 0 Å². The van der Waals surface area contributed by atoms with Crippen molar-refractivity contribution >= 4 is 59.9 Å². The van der Waals surface area contributed by atoms with Crippen molar-refractivity contribution in [3.05, 3.63) is 103 Å². The standard InChI is InChI=1S/C31H20N2/c1-32-27-11-4-2-7-21(27)23-15-13-19(17-29(23)32)20-14-16-24-26-10-6-9-25-22-8-3-5-12-28(22)33(31(25)26)30(24)18-20/h2-18H,1H3. The summed E-state index contributed by atoms with van der Waals surface area (Å²) in [5.74, 6) is 0. The van der Waals surface area contributed by atoms with Crippen LogP contribution in [-0.4, -0.2) is 8.97 Å². The smallest absolute Gasteiger partial charge is 0.0620 e. The first kappa shape index (κ1) is 17.3. The van der Waals surface area contributed by atoms with E-state index in [-0.39, 0.29) is 0 Å². The van der Waals surface area contributed by atoms with Crippen LogP contribution in [0.25, 0.3) is 71.0 Å². The van der Waals surface area contributed by atoms with E-state index in [4.69, 9.17) is 0 Å². The van der Waals surface area contributed by atoms with Gasteiger partial charge in [0, 0.05) is 50.4 Å². The van der Waals surface area contributed by atoms with Crippen molar-refractivity contribution in [2.75, 3.05) is 0 Å². The molecule has 0 aliphatic heterocycles. The molecule has 0 fully saturated rings. The second-order valence-electron chi connectivity index (χ2n) is 9.09. The Kier molecular flexibility index (Phi) is 3.11. The fraction of sp³-hybridized carbons (Fsp3) is 0.0323. The molecule has 154 valence electrons. The summed E-state index contributed by atoms with van der Waals surface area (Å²) in [4.78, 5) is 0. The summed E-state index contributed by atoms with van der Waals surface area (Å²) in [5.41, 5.74) is 8.92. The maximum Gasteiger partial charge on any atom is 0.0620 e. The highest BCUT2D eigenvalue weighted by Crippen LogP contribution is 2.40. The molecule has 3 aromatic heterocycles. The molecule has 0 saturated carbocycles. The molecule has 0 saturated heterocycles. The zero-order chi connectivity index (χ0) is 21.7. The minimum atomic E-state index is 1.25. The SMILES string of the molecule is Cn1c2ccccc2c2ccc(-c3ccc4c5cccc6c7ccccc7n(c4c3)c65)cc21. The molecule has 8 rings (SSSR count). The molecule has 0 radical (unpaired) electrons. The predicted molar refractivity (Wildman–Crippen MR) is 141 cm³/mol. The molecule has 0 unspecified atom stereocenters. The van der Waals surface area contributed by atoms with Crippen LogP contribution in [0.5, 0.6) is 0 Å². The third kappa shape index (κ3) is 2.08. The fourth-order valence-electron chi connectivity index (χ4n) is 5.95. The average Bonchev–Trinajstić information content (AvgIpc) is 3.49. The second kappa shape index (κ2) is 5.93. The van der Waals surface area contributed by atoms with E-state index in [0.29, 0.717) is 0 Å². The Morgan fingerprint density at radius 1 is 0.424 bits per heavy atom. The predicted octanol–water partition coefficient (Wildman–Crippen LogP) is 8.15. The van der Waals surface area contributed by atoms with Gasteiger partial charge in [0.1, 0.15) is 0 Å². The average molecular weight is 421 g/mol. The van der Waals surface area contributed by atoms with Crippen LogP contribution in [0, 0.1) is 0 Å². The molecule has 5 aromatic carbocycles. The van der Waals surface area contributed by atoms with Crippen LogP contribution in [0.4, 0.5) is 0 Å². The summed E-state index contributed by atoms with van der Waals surface area (Å²) in [6.07, 6.45) is 0. The molecule has 33 heavy (non-hydrogen) atoms. The number of aryl methyl sites for hydroxylation is 1. The molecule has 0 N–H and O–H groups in total. The van der Waals surface area contributed by atoms with Gasteiger partial charge in [-0.3, -0.25) is 0 Å². The van der Waals surface area contributed by atoms with E-state index in [1.807, 2.05) is 0 Å². The quantitative estimate of drug-likeness (QED) is 0.253. The topological polar surface area (TPSA) is 9.34 Å². The summed E-state index contributed by atoms with van der Waals surface area (Å²) in [6.45, 7) is 0. The van der Waals surface area contributed by atoms with Crippen molar-refractivity contribution in [3.63, 3.8) is 0 Å². The Balaban J connectivity index is 1.45. The van der Waals surface area contributed by atoms with Gasteiger partial charge in [-0.2, -0.15) is 0 Å². The molecular formula is C31H20N2. The Morgan fingerprint density at radius 2 is 0.939 bits per heavy atom. The molecule has 0 bridgehead atoms. The van der Waals surface area contributed by atoms with Gasteiger partial charge in [-0.25, -0.2) is 0 Å². The van der Waals surface area contributed by atoms with Crippen molar-refractivity contribution in [2.24, 2.45) is 7.05 Å². The lowest BCUT2D eigenvalue weighted by Crippen LogP contribution is -1.87. The summed E-state index contributed by atoms with van der Waals surface area (Å²) in [6, 6.07) is 37.9. The molecule has 8 aromatic rings. The van der Waals surface area contributed by atoms with E-state index in [1.165, 1.54) is 71.0 Å². The summed E-state index contributed by atoms with van der Waals surface area (Å²) in [5, 5.41) is 7.92. The van der Waals surface area contributed by atoms with Crippen LogP contribution in [0.15, 0.2) is 103 Å². The molecule has 2 heteroatoms. The van der Waals surface area contributed by atoms with Gasteiger partial charge in [-0.1, -0.05) is 78.9 Å². The number of fused-ring (bicyclic) bond motifs is 9. The Bertz CT molecular complexity index is 2030. The fourth-order valence-corrected chi connectivity index (χ4v) is 5.95. The van der Waals surface area contributed by atoms with Crippen molar-refractivity contribution in [3.8, 4) is 11.1 Å². The van der Waals surface area contributed by atoms with E-state index in [1.54, 1.807) is 0 Å². The zero-order valence-electron chi connectivity index (χ0n) is 18.2. The minimum Gasteiger partial charge on any atom is -0.344 e. The molecule has 0 atom stereocenters. The highest BCUT2D eigenvalue weighted by molar-refractivity contribution is 6.23. The maximum atomic E-state index is 2.45. The number of nitrogens with zero attached hydrogens (tertiary/aromatic N) is 2. The normalized spacial score (nSPS) is 12.4. The van der Waals surface area contributed by atoms with E-state index < -0.39 is 0 Å². The lowest BCUT2D eigenvalue weighted by Gasteiger charge is -2.06. The molecule has 3 heterocycles. The summed E-state index contributed by atoms with van der Waals surface area (Å²) in [7, 11) is 2.16. The van der Waals surface area contributed by atoms with Crippen molar-refractivity contribution in [1.29, 1.82) is 0 Å². The lowest BCUT2D eigenvalue weighted by molar-refractivity contribution is 1.01. The third-order valence-electron chi connectivity index (χ3n) is 7.47. The number of aromatic nitrogens is 2. The first-order valence-electron chi connectivity index (χ1n) is 11.4. The van der Waals surface area contributed by atoms with E-state index in [9.17, 15) is 0 Å². The van der Waals surface area contributed by atoms with Gasteiger partial charge in [-0.15, -0.1) is 0 Å². The highest BCUT2D eigenvalue weighted by atomic mass is 14.9. The van der Waals surface area contributed by atoms with Gasteiger partial charge in [0.05, 0.1) is 16.6 Å². The number of rotatable bonds is 1. The minimum absolute atomic E-state index is 1.25. The number of hydrogen-bond donors (Lipinski definition) is 0.